The number of fused-ring (bicyclic) bond motifs is 12. The summed E-state index contributed by atoms with van der Waals surface area (Å²) < 4.78 is 2.73. The molecule has 0 amide bonds. The van der Waals surface area contributed by atoms with Crippen molar-refractivity contribution in [2.75, 3.05) is 0 Å². The minimum Gasteiger partial charge on any atom is -0.134 e. The highest BCUT2D eigenvalue weighted by Crippen LogP contribution is 2.57. The summed E-state index contributed by atoms with van der Waals surface area (Å²) in [5, 5.41) is 13.0. The van der Waals surface area contributed by atoms with Gasteiger partial charge in [0, 0.05) is 31.2 Å². The van der Waals surface area contributed by atoms with Gasteiger partial charge in [-0.1, -0.05) is 184 Å². The predicted octanol–water partition coefficient (Wildman–Crippen LogP) is 16.0. The zero-order chi connectivity index (χ0) is 37.1. The van der Waals surface area contributed by atoms with Crippen LogP contribution in [0.5, 0.6) is 0 Å². The Bertz CT molecular complexity index is 3370. The molecule has 0 aliphatic heterocycles. The average Bonchev–Trinajstić information content (AvgIpc) is 3.75. The summed E-state index contributed by atoms with van der Waals surface area (Å²) in [6, 6.07) is 68.0. The Morgan fingerprint density at radius 3 is 1.61 bits per heavy atom. The van der Waals surface area contributed by atoms with Crippen LogP contribution in [0.15, 0.2) is 182 Å². The topological polar surface area (TPSA) is 0 Å². The van der Waals surface area contributed by atoms with Crippen molar-refractivity contribution in [1.82, 2.24) is 0 Å². The molecule has 0 unspecified atom stereocenters. The first-order chi connectivity index (χ1) is 27.6. The summed E-state index contributed by atoms with van der Waals surface area (Å²) in [6.07, 6.45) is 0. The van der Waals surface area contributed by atoms with Crippen molar-refractivity contribution in [3.63, 3.8) is 0 Å². The molecule has 0 N–H and O–H groups in total. The third-order valence-electron chi connectivity index (χ3n) is 12.6. The van der Waals surface area contributed by atoms with Crippen molar-refractivity contribution in [2.45, 2.75) is 19.3 Å². The second-order valence-corrected chi connectivity index (χ2v) is 17.0. The van der Waals surface area contributed by atoms with Crippen LogP contribution in [0.2, 0.25) is 0 Å². The molecule has 0 spiro atoms. The van der Waals surface area contributed by atoms with Crippen molar-refractivity contribution < 1.29 is 0 Å². The fourth-order valence-electron chi connectivity index (χ4n) is 10.2. The van der Waals surface area contributed by atoms with Crippen LogP contribution in [-0.2, 0) is 5.41 Å². The van der Waals surface area contributed by atoms with Gasteiger partial charge in [0.25, 0.3) is 0 Å². The molecule has 0 bridgehead atoms. The quantitative estimate of drug-likeness (QED) is 0.159. The van der Waals surface area contributed by atoms with Gasteiger partial charge in [0.2, 0.25) is 0 Å². The first-order valence-electron chi connectivity index (χ1n) is 19.6. The lowest BCUT2D eigenvalue weighted by atomic mass is 9.79. The van der Waals surface area contributed by atoms with Crippen LogP contribution < -0.4 is 0 Å². The molecule has 10 aromatic carbocycles. The standard InChI is InChI=1S/C55H36S/c1-55(2)47-32-46(51-44-23-11-12-25-48(44)56-54(51)52(47)45-31-30-34-15-4-6-18-38(34)53(45)55)35-26-28-36(29-27-35)49-40-19-7-9-21-42(40)50(43-22-10-8-20-41(43)49)39-24-13-16-33-14-3-5-17-37(33)39/h3-32H,1-2H3. The highest BCUT2D eigenvalue weighted by atomic mass is 32.1. The fraction of sp³-hybridized carbons (Fsp3) is 0.0545. The molecule has 0 atom stereocenters. The van der Waals surface area contributed by atoms with Crippen LogP contribution in [-0.4, -0.2) is 0 Å². The van der Waals surface area contributed by atoms with E-state index in [9.17, 15) is 0 Å². The van der Waals surface area contributed by atoms with Crippen LogP contribution >= 0.6 is 11.3 Å². The molecule has 1 aliphatic carbocycles. The minimum atomic E-state index is -0.145. The Kier molecular flexibility index (Phi) is 6.66. The molecule has 56 heavy (non-hydrogen) atoms. The van der Waals surface area contributed by atoms with Crippen molar-refractivity contribution in [3.05, 3.63) is 193 Å². The summed E-state index contributed by atoms with van der Waals surface area (Å²) in [6.45, 7) is 4.85. The first-order valence-corrected chi connectivity index (χ1v) is 20.4. The SMILES string of the molecule is CC1(C)c2cc(-c3ccc(-c4c5ccccc5c(-c5cccc6ccccc56)c5ccccc45)cc3)c3c(sc4ccccc43)c2-c2ccc3ccccc3c21. The van der Waals surface area contributed by atoms with E-state index in [-0.39, 0.29) is 5.41 Å². The summed E-state index contributed by atoms with van der Waals surface area (Å²) in [7, 11) is 0. The molecule has 1 aromatic heterocycles. The number of thiophene rings is 1. The summed E-state index contributed by atoms with van der Waals surface area (Å²) in [4.78, 5) is 0. The Labute approximate surface area is 329 Å². The zero-order valence-electron chi connectivity index (χ0n) is 31.2. The van der Waals surface area contributed by atoms with Gasteiger partial charge >= 0.3 is 0 Å². The van der Waals surface area contributed by atoms with Crippen molar-refractivity contribution in [1.29, 1.82) is 0 Å². The largest absolute Gasteiger partial charge is 0.134 e. The molecule has 1 heterocycles. The lowest BCUT2D eigenvalue weighted by Crippen LogP contribution is -2.15. The second kappa shape index (κ2) is 11.7. The van der Waals surface area contributed by atoms with E-state index in [1.807, 2.05) is 11.3 Å². The minimum absolute atomic E-state index is 0.145. The highest BCUT2D eigenvalue weighted by molar-refractivity contribution is 7.26. The van der Waals surface area contributed by atoms with Gasteiger partial charge < -0.3 is 0 Å². The first kappa shape index (κ1) is 31.8. The van der Waals surface area contributed by atoms with Gasteiger partial charge in [-0.15, -0.1) is 11.3 Å². The monoisotopic (exact) mass is 728 g/mol. The normalized spacial score (nSPS) is 13.3. The highest BCUT2D eigenvalue weighted by Gasteiger charge is 2.39. The molecule has 0 radical (unpaired) electrons. The van der Waals surface area contributed by atoms with Gasteiger partial charge in [-0.25, -0.2) is 0 Å². The van der Waals surface area contributed by atoms with Gasteiger partial charge in [-0.3, -0.25) is 0 Å². The summed E-state index contributed by atoms with van der Waals surface area (Å²) >= 11 is 1.95. The van der Waals surface area contributed by atoms with E-state index in [2.05, 4.69) is 196 Å². The maximum atomic E-state index is 2.53. The van der Waals surface area contributed by atoms with Crippen LogP contribution in [0.1, 0.15) is 25.0 Å². The van der Waals surface area contributed by atoms with Crippen molar-refractivity contribution in [2.24, 2.45) is 0 Å². The van der Waals surface area contributed by atoms with Gasteiger partial charge in [0.15, 0.2) is 0 Å². The van der Waals surface area contributed by atoms with E-state index in [1.54, 1.807) is 0 Å². The Morgan fingerprint density at radius 1 is 0.375 bits per heavy atom. The van der Waals surface area contributed by atoms with Gasteiger partial charge in [-0.2, -0.15) is 0 Å². The van der Waals surface area contributed by atoms with Crippen LogP contribution in [0.3, 0.4) is 0 Å². The molecular formula is C55H36S. The molecule has 0 fully saturated rings. The average molecular weight is 729 g/mol. The molecular weight excluding hydrogens is 693 g/mol. The number of benzene rings is 10. The Hall–Kier alpha value is -6.54. The Balaban J connectivity index is 1.09. The van der Waals surface area contributed by atoms with Crippen LogP contribution in [0, 0.1) is 0 Å². The molecule has 1 heteroatoms. The van der Waals surface area contributed by atoms with Crippen LogP contribution in [0.4, 0.5) is 0 Å². The third kappa shape index (κ3) is 4.35. The Morgan fingerprint density at radius 2 is 0.911 bits per heavy atom. The third-order valence-corrected chi connectivity index (χ3v) is 13.8. The van der Waals surface area contributed by atoms with Gasteiger partial charge in [-0.05, 0) is 105 Å². The van der Waals surface area contributed by atoms with Gasteiger partial charge in [0.05, 0.1) is 0 Å². The van der Waals surface area contributed by atoms with Gasteiger partial charge in [0.1, 0.15) is 0 Å². The summed E-state index contributed by atoms with van der Waals surface area (Å²) in [5.41, 5.74) is 13.2. The smallest absolute Gasteiger partial charge is 0.0443 e. The molecule has 0 saturated heterocycles. The van der Waals surface area contributed by atoms with E-state index in [0.29, 0.717) is 0 Å². The maximum Gasteiger partial charge on any atom is 0.0443 e. The van der Waals surface area contributed by atoms with E-state index in [4.69, 9.17) is 0 Å². The van der Waals surface area contributed by atoms with E-state index >= 15 is 0 Å². The number of rotatable bonds is 3. The van der Waals surface area contributed by atoms with Crippen molar-refractivity contribution in [3.8, 4) is 44.5 Å². The van der Waals surface area contributed by atoms with E-state index in [0.717, 1.165) is 0 Å². The zero-order valence-corrected chi connectivity index (χ0v) is 32.0. The molecule has 0 nitrogen and oxygen atoms in total. The summed E-state index contributed by atoms with van der Waals surface area (Å²) in [5.74, 6) is 0. The maximum absolute atomic E-state index is 2.53. The second-order valence-electron chi connectivity index (χ2n) is 15.9. The molecule has 1 aliphatic rings. The predicted molar refractivity (Wildman–Crippen MR) is 243 cm³/mol. The fourth-order valence-corrected chi connectivity index (χ4v) is 11.5. The number of hydrogen-bond donors (Lipinski definition) is 0. The number of hydrogen-bond acceptors (Lipinski definition) is 1. The molecule has 262 valence electrons. The molecule has 0 saturated carbocycles. The van der Waals surface area contributed by atoms with Crippen molar-refractivity contribution >= 4 is 74.6 Å². The molecule has 11 aromatic rings. The van der Waals surface area contributed by atoms with E-state index < -0.39 is 0 Å². The van der Waals surface area contributed by atoms with E-state index in [1.165, 1.54) is 119 Å². The lowest BCUT2D eigenvalue weighted by molar-refractivity contribution is 0.667. The molecule has 12 rings (SSSR count). The van der Waals surface area contributed by atoms with Crippen LogP contribution in [0.25, 0.3) is 108 Å². The lowest BCUT2D eigenvalue weighted by Gasteiger charge is -2.24.